The number of H-pyrrole nitrogens is 2. The molecule has 1 aliphatic carbocycles. The Labute approximate surface area is 402 Å². The average molecular weight is 916 g/mol. The van der Waals surface area contributed by atoms with Crippen LogP contribution in [0, 0.1) is 0 Å². The summed E-state index contributed by atoms with van der Waals surface area (Å²) in [6.45, 7) is 7.25. The summed E-state index contributed by atoms with van der Waals surface area (Å²) >= 11 is 0. The van der Waals surface area contributed by atoms with Gasteiger partial charge in [0, 0.05) is 30.8 Å². The van der Waals surface area contributed by atoms with Gasteiger partial charge in [-0.25, -0.2) is 19.6 Å². The number of aromatic amines is 2. The Hall–Kier alpha value is -7.66. The standard InChI is InChI=1S/C58H57N7O4/c1-58(2,3)69-57(67)65-29-11-17-52(65)55-60-35-50(62-55)43-25-24-40-30-39(22-23-41(40)31-43)36-18-20-38(21-19-36)49-34-59-54(61-49)51-16-10-28-64(51)53-44(26-27-46-45-15-9-8-14-42(45)32-47(46)53)33-48(63-56(66)68-4)37-12-6-5-7-13-37/h5-9,12-15,18-27,30-31,34-35,48,51-52H,10-11,16-17,28-29,32-33H2,1-4H3,(H,59,61)(H,60,62)(H,63,66). The van der Waals surface area contributed by atoms with E-state index in [1.807, 2.05) is 51.4 Å². The number of fused-ring (bicyclic) bond motifs is 4. The van der Waals surface area contributed by atoms with Crippen LogP contribution in [-0.4, -0.2) is 62.8 Å². The number of rotatable bonds is 10. The number of likely N-dealkylation sites (tertiary alicyclic amines) is 1. The number of alkyl carbamates (subject to hydrolysis) is 1. The number of benzene rings is 6. The van der Waals surface area contributed by atoms with E-state index in [1.54, 1.807) is 4.90 Å². The Morgan fingerprint density at radius 2 is 1.35 bits per heavy atom. The molecule has 4 heterocycles. The number of nitrogens with one attached hydrogen (secondary N) is 3. The molecule has 6 aromatic carbocycles. The number of ether oxygens (including phenoxy) is 2. The molecule has 2 amide bonds. The van der Waals surface area contributed by atoms with E-state index in [-0.39, 0.29) is 24.2 Å². The van der Waals surface area contributed by atoms with E-state index in [2.05, 4.69) is 129 Å². The molecule has 3 unspecified atom stereocenters. The molecule has 3 N–H and O–H groups in total. The van der Waals surface area contributed by atoms with Crippen molar-refractivity contribution in [2.75, 3.05) is 25.1 Å². The van der Waals surface area contributed by atoms with E-state index in [1.165, 1.54) is 40.6 Å². The number of aromatic nitrogens is 4. The first-order chi connectivity index (χ1) is 33.6. The summed E-state index contributed by atoms with van der Waals surface area (Å²) in [7, 11) is 1.41. The van der Waals surface area contributed by atoms with E-state index >= 15 is 0 Å². The Balaban J connectivity index is 0.822. The topological polar surface area (TPSA) is 128 Å². The molecular weight excluding hydrogens is 859 g/mol. The highest BCUT2D eigenvalue weighted by atomic mass is 16.6. The highest BCUT2D eigenvalue weighted by molar-refractivity contribution is 5.91. The molecule has 2 aromatic heterocycles. The van der Waals surface area contributed by atoms with Crippen LogP contribution in [0.4, 0.5) is 15.3 Å². The monoisotopic (exact) mass is 915 g/mol. The molecule has 0 bridgehead atoms. The maximum Gasteiger partial charge on any atom is 0.410 e. The van der Waals surface area contributed by atoms with Gasteiger partial charge in [0.15, 0.2) is 0 Å². The van der Waals surface area contributed by atoms with Gasteiger partial charge in [0.2, 0.25) is 0 Å². The van der Waals surface area contributed by atoms with Gasteiger partial charge in [0.25, 0.3) is 0 Å². The SMILES string of the molecule is COC(=O)NC(Cc1ccc2c(c1N1CCCC1c1ncc(-c3ccc(-c4ccc5cc(-c6cnc(C7CCCN7C(=O)OC(C)(C)C)[nH]6)ccc5c4)cc3)[nH]1)Cc1ccccc1-2)c1ccccc1. The molecule has 11 heteroatoms. The minimum Gasteiger partial charge on any atom is -0.453 e. The average Bonchev–Trinajstić information content (AvgIpc) is 4.23. The third-order valence-corrected chi connectivity index (χ3v) is 14.1. The third kappa shape index (κ3) is 8.73. The molecule has 348 valence electrons. The lowest BCUT2D eigenvalue weighted by Crippen LogP contribution is -2.36. The second kappa shape index (κ2) is 18.1. The molecule has 2 fully saturated rings. The van der Waals surface area contributed by atoms with Gasteiger partial charge in [-0.3, -0.25) is 4.90 Å². The second-order valence-electron chi connectivity index (χ2n) is 19.6. The highest BCUT2D eigenvalue weighted by Crippen LogP contribution is 2.48. The Morgan fingerprint density at radius 1 is 0.710 bits per heavy atom. The summed E-state index contributed by atoms with van der Waals surface area (Å²) in [6, 6.07) is 44.9. The van der Waals surface area contributed by atoms with Crippen LogP contribution in [0.1, 0.15) is 98.5 Å². The van der Waals surface area contributed by atoms with Gasteiger partial charge in [-0.2, -0.15) is 0 Å². The maximum absolute atomic E-state index is 13.0. The predicted octanol–water partition coefficient (Wildman–Crippen LogP) is 12.9. The van der Waals surface area contributed by atoms with Crippen LogP contribution in [0.3, 0.4) is 0 Å². The molecule has 69 heavy (non-hydrogen) atoms. The molecule has 11 nitrogen and oxygen atoms in total. The van der Waals surface area contributed by atoms with Gasteiger partial charge in [0.1, 0.15) is 17.2 Å². The lowest BCUT2D eigenvalue weighted by molar-refractivity contribution is 0.0218. The van der Waals surface area contributed by atoms with Crippen molar-refractivity contribution in [2.45, 2.75) is 83.0 Å². The van der Waals surface area contributed by atoms with Crippen LogP contribution in [0.15, 0.2) is 140 Å². The second-order valence-corrected chi connectivity index (χ2v) is 19.6. The molecule has 2 saturated heterocycles. The van der Waals surface area contributed by atoms with Gasteiger partial charge >= 0.3 is 12.2 Å². The van der Waals surface area contributed by atoms with Crippen LogP contribution in [0.5, 0.6) is 0 Å². The number of amides is 2. The molecule has 8 aromatic rings. The lowest BCUT2D eigenvalue weighted by Gasteiger charge is -2.31. The van der Waals surface area contributed by atoms with Crippen molar-refractivity contribution in [3.63, 3.8) is 0 Å². The number of carbonyl (C=O) groups excluding carboxylic acids is 2. The minimum absolute atomic E-state index is 0.0611. The van der Waals surface area contributed by atoms with Gasteiger partial charge in [-0.05, 0) is 126 Å². The zero-order valence-electron chi connectivity index (χ0n) is 39.6. The van der Waals surface area contributed by atoms with Crippen molar-refractivity contribution >= 4 is 28.6 Å². The summed E-state index contributed by atoms with van der Waals surface area (Å²) < 4.78 is 10.8. The zero-order valence-corrected chi connectivity index (χ0v) is 39.6. The number of nitrogens with zero attached hydrogens (tertiary/aromatic N) is 4. The molecule has 0 radical (unpaired) electrons. The van der Waals surface area contributed by atoms with E-state index in [0.717, 1.165) is 100 Å². The van der Waals surface area contributed by atoms with Gasteiger partial charge in [-0.15, -0.1) is 0 Å². The first-order valence-corrected chi connectivity index (χ1v) is 24.2. The van der Waals surface area contributed by atoms with Crippen molar-refractivity contribution in [1.82, 2.24) is 30.2 Å². The predicted molar refractivity (Wildman–Crippen MR) is 272 cm³/mol. The van der Waals surface area contributed by atoms with Crippen LogP contribution in [0.25, 0.3) is 55.5 Å². The number of carbonyl (C=O) groups is 2. The lowest BCUT2D eigenvalue weighted by atomic mass is 9.92. The van der Waals surface area contributed by atoms with Crippen molar-refractivity contribution in [3.8, 4) is 44.8 Å². The molecule has 0 saturated carbocycles. The first-order valence-electron chi connectivity index (χ1n) is 24.2. The van der Waals surface area contributed by atoms with Crippen molar-refractivity contribution in [2.24, 2.45) is 0 Å². The Kier molecular flexibility index (Phi) is 11.5. The largest absolute Gasteiger partial charge is 0.453 e. The Morgan fingerprint density at radius 3 is 2.10 bits per heavy atom. The molecule has 3 atom stereocenters. The molecular formula is C58H57N7O4. The smallest absolute Gasteiger partial charge is 0.410 e. The summed E-state index contributed by atoms with van der Waals surface area (Å²) in [5.74, 6) is 1.75. The molecule has 11 rings (SSSR count). The van der Waals surface area contributed by atoms with Crippen LogP contribution in [-0.2, 0) is 22.3 Å². The van der Waals surface area contributed by atoms with Gasteiger partial charge in [0.05, 0.1) is 49.0 Å². The maximum atomic E-state index is 13.0. The van der Waals surface area contributed by atoms with E-state index in [9.17, 15) is 9.59 Å². The fourth-order valence-corrected chi connectivity index (χ4v) is 10.8. The first kappa shape index (κ1) is 43.9. The van der Waals surface area contributed by atoms with E-state index in [0.29, 0.717) is 13.0 Å². The summed E-state index contributed by atoms with van der Waals surface area (Å²) in [5.41, 5.74) is 14.5. The molecule has 0 spiro atoms. The summed E-state index contributed by atoms with van der Waals surface area (Å²) in [6.07, 6.45) is 8.35. The summed E-state index contributed by atoms with van der Waals surface area (Å²) in [5, 5.41) is 5.42. The fourth-order valence-electron chi connectivity index (χ4n) is 10.8. The minimum atomic E-state index is -0.550. The van der Waals surface area contributed by atoms with E-state index in [4.69, 9.17) is 19.4 Å². The number of imidazole rings is 2. The van der Waals surface area contributed by atoms with E-state index < -0.39 is 11.7 Å². The van der Waals surface area contributed by atoms with Crippen molar-refractivity contribution < 1.29 is 19.1 Å². The van der Waals surface area contributed by atoms with Crippen LogP contribution < -0.4 is 10.2 Å². The molecule has 3 aliphatic rings. The number of hydrogen-bond acceptors (Lipinski definition) is 7. The number of hydrogen-bond donors (Lipinski definition) is 3. The summed E-state index contributed by atoms with van der Waals surface area (Å²) in [4.78, 5) is 47.1. The fraction of sp³-hybridized carbons (Fsp3) is 0.276. The number of anilines is 1. The van der Waals surface area contributed by atoms with Crippen molar-refractivity contribution in [3.05, 3.63) is 174 Å². The normalized spacial score (nSPS) is 16.9. The van der Waals surface area contributed by atoms with Gasteiger partial charge in [-0.1, -0.05) is 115 Å². The highest BCUT2D eigenvalue weighted by Gasteiger charge is 2.36. The molecule has 2 aliphatic heterocycles. The zero-order chi connectivity index (χ0) is 47.2. The number of methoxy groups -OCH3 is 1. The van der Waals surface area contributed by atoms with Crippen LogP contribution >= 0.6 is 0 Å². The van der Waals surface area contributed by atoms with Crippen LogP contribution in [0.2, 0.25) is 0 Å². The van der Waals surface area contributed by atoms with Crippen molar-refractivity contribution in [1.29, 1.82) is 0 Å². The third-order valence-electron chi connectivity index (χ3n) is 14.1. The quantitative estimate of drug-likeness (QED) is 0.125. The Bertz CT molecular complexity index is 3190. The van der Waals surface area contributed by atoms with Gasteiger partial charge < -0.3 is 29.7 Å².